The Balaban J connectivity index is 1.14. The second kappa shape index (κ2) is 14.1. The first-order valence-corrected chi connectivity index (χ1v) is 18.4. The Labute approximate surface area is 301 Å². The summed E-state index contributed by atoms with van der Waals surface area (Å²) in [6, 6.07) is 8.65. The number of ether oxygens (including phenoxy) is 2. The topological polar surface area (TPSA) is 121 Å². The van der Waals surface area contributed by atoms with E-state index < -0.39 is 6.17 Å². The number of nitrogens with zero attached hydrogens (tertiary/aromatic N) is 7. The molecule has 52 heavy (non-hydrogen) atoms. The fourth-order valence-electron chi connectivity index (χ4n) is 8.75. The molecule has 0 aliphatic carbocycles. The van der Waals surface area contributed by atoms with Crippen LogP contribution in [0.15, 0.2) is 30.3 Å². The zero-order valence-corrected chi connectivity index (χ0v) is 29.8. The predicted octanol–water partition coefficient (Wildman–Crippen LogP) is 4.54. The number of halogens is 2. The van der Waals surface area contributed by atoms with Crippen molar-refractivity contribution in [2.75, 3.05) is 62.8 Å². The molecule has 4 aliphatic heterocycles. The number of amides is 1. The second-order valence-electron chi connectivity index (χ2n) is 14.5. The Bertz CT molecular complexity index is 1990. The molecule has 8 rings (SSSR count). The summed E-state index contributed by atoms with van der Waals surface area (Å²) in [4.78, 5) is 29.5. The van der Waals surface area contributed by atoms with Gasteiger partial charge in [0.2, 0.25) is 0 Å². The van der Waals surface area contributed by atoms with Gasteiger partial charge in [-0.2, -0.15) is 15.1 Å². The minimum absolute atomic E-state index is 0.116. The van der Waals surface area contributed by atoms with Gasteiger partial charge in [0.1, 0.15) is 30.2 Å². The standard InChI is InChI=1S/C38H46F2N8O4/c1-3-28-30(40)7-6-24-16-27(49)18-33(34(24)28)45-14-8-29-32(22-45)42-37(52-23-38-9-4-12-47(38)20-25(39)19-38)43-35(29)46-11-5-13-48-26(21-46)17-31(44-48)36(50)41-10-15-51-2/h6-7,16-18,25,49H,3-5,8-15,19-23H2,1-2H3,(H,41,50)/t25-,38+/m1/s1. The highest BCUT2D eigenvalue weighted by Crippen LogP contribution is 2.42. The van der Waals surface area contributed by atoms with E-state index in [4.69, 9.17) is 19.4 Å². The van der Waals surface area contributed by atoms with E-state index in [1.165, 1.54) is 6.07 Å². The van der Waals surface area contributed by atoms with Crippen LogP contribution in [0.4, 0.5) is 20.3 Å². The maximum atomic E-state index is 15.1. The number of benzene rings is 2. The third-order valence-corrected chi connectivity index (χ3v) is 11.2. The number of hydrogen-bond acceptors (Lipinski definition) is 10. The van der Waals surface area contributed by atoms with Crippen LogP contribution in [0.3, 0.4) is 0 Å². The number of alkyl halides is 1. The highest BCUT2D eigenvalue weighted by molar-refractivity contribution is 5.98. The number of methoxy groups -OCH3 is 1. The maximum Gasteiger partial charge on any atom is 0.318 e. The fraction of sp³-hybridized carbons (Fsp3) is 0.526. The summed E-state index contributed by atoms with van der Waals surface area (Å²) in [6.45, 7) is 7.22. The summed E-state index contributed by atoms with van der Waals surface area (Å²) in [5.74, 6) is 0.383. The molecule has 276 valence electrons. The van der Waals surface area contributed by atoms with Gasteiger partial charge in [-0.15, -0.1) is 0 Å². The zero-order valence-electron chi connectivity index (χ0n) is 29.8. The van der Waals surface area contributed by atoms with Gasteiger partial charge in [0.05, 0.1) is 36.6 Å². The molecule has 4 aromatic rings. The van der Waals surface area contributed by atoms with E-state index in [0.29, 0.717) is 89.5 Å². The molecule has 0 unspecified atom stereocenters. The molecule has 12 nitrogen and oxygen atoms in total. The molecule has 6 heterocycles. The molecule has 2 aromatic carbocycles. The third kappa shape index (κ3) is 6.40. The van der Waals surface area contributed by atoms with Gasteiger partial charge in [-0.25, -0.2) is 8.78 Å². The van der Waals surface area contributed by atoms with Crippen LogP contribution >= 0.6 is 0 Å². The highest BCUT2D eigenvalue weighted by atomic mass is 19.1. The molecule has 0 saturated carbocycles. The van der Waals surface area contributed by atoms with Crippen molar-refractivity contribution < 1.29 is 28.2 Å². The van der Waals surface area contributed by atoms with Crippen molar-refractivity contribution >= 4 is 28.2 Å². The first kappa shape index (κ1) is 34.5. The van der Waals surface area contributed by atoms with Crippen LogP contribution in [0.2, 0.25) is 0 Å². The lowest BCUT2D eigenvalue weighted by Crippen LogP contribution is -2.43. The Morgan fingerprint density at radius 2 is 1.98 bits per heavy atom. The first-order valence-electron chi connectivity index (χ1n) is 18.4. The van der Waals surface area contributed by atoms with E-state index in [0.717, 1.165) is 65.0 Å². The van der Waals surface area contributed by atoms with Gasteiger partial charge in [0.15, 0.2) is 5.69 Å². The van der Waals surface area contributed by atoms with E-state index in [1.807, 2.05) is 17.7 Å². The second-order valence-corrected chi connectivity index (χ2v) is 14.5. The fourth-order valence-corrected chi connectivity index (χ4v) is 8.75. The number of carbonyl (C=O) groups is 1. The molecule has 2 atom stereocenters. The number of phenolic OH excluding ortho intramolecular Hbond substituents is 1. The molecular formula is C38H46F2N8O4. The molecule has 0 bridgehead atoms. The SMILES string of the molecule is CCc1c(F)ccc2cc(O)cc(N3CCc4c(nc(OC[C@@]56CCCN5C[C@H](F)C6)nc4N4CCCn5nc(C(=O)NCCOC)cc5C4)C3)c12. The lowest BCUT2D eigenvalue weighted by Gasteiger charge is -2.35. The average molecular weight is 717 g/mol. The molecule has 0 spiro atoms. The van der Waals surface area contributed by atoms with Crippen molar-refractivity contribution in [3.63, 3.8) is 0 Å². The van der Waals surface area contributed by atoms with Crippen molar-refractivity contribution in [3.05, 3.63) is 64.4 Å². The summed E-state index contributed by atoms with van der Waals surface area (Å²) in [5.41, 5.74) is 4.08. The number of nitrogens with one attached hydrogen (secondary N) is 1. The molecule has 4 aliphatic rings. The van der Waals surface area contributed by atoms with Crippen molar-refractivity contribution in [2.45, 2.75) is 76.8 Å². The number of aromatic hydroxyl groups is 1. The molecule has 2 N–H and O–H groups in total. The molecule has 2 saturated heterocycles. The normalized spacial score (nSPS) is 21.6. The number of fused-ring (bicyclic) bond motifs is 4. The molecule has 1 amide bonds. The smallest absolute Gasteiger partial charge is 0.318 e. The first-order chi connectivity index (χ1) is 25.2. The minimum atomic E-state index is -0.874. The van der Waals surface area contributed by atoms with Gasteiger partial charge >= 0.3 is 6.01 Å². The van der Waals surface area contributed by atoms with Crippen LogP contribution in [0, 0.1) is 5.82 Å². The van der Waals surface area contributed by atoms with Gasteiger partial charge in [-0.1, -0.05) is 13.0 Å². The number of aryl methyl sites for hydroxylation is 2. The van der Waals surface area contributed by atoms with Gasteiger partial charge < -0.3 is 29.7 Å². The summed E-state index contributed by atoms with van der Waals surface area (Å²) >= 11 is 0. The lowest BCUT2D eigenvalue weighted by molar-refractivity contribution is 0.0931. The van der Waals surface area contributed by atoms with Crippen LogP contribution in [0.5, 0.6) is 11.8 Å². The van der Waals surface area contributed by atoms with Crippen LogP contribution in [-0.2, 0) is 37.2 Å². The Morgan fingerprint density at radius 3 is 2.83 bits per heavy atom. The molecule has 0 radical (unpaired) electrons. The quantitative estimate of drug-likeness (QED) is 0.227. The number of aromatic nitrogens is 4. The third-order valence-electron chi connectivity index (χ3n) is 11.2. The van der Waals surface area contributed by atoms with Crippen LogP contribution in [0.1, 0.15) is 65.6 Å². The number of rotatable bonds is 10. The van der Waals surface area contributed by atoms with Crippen molar-refractivity contribution in [3.8, 4) is 11.8 Å². The number of carbonyl (C=O) groups excluding carboxylic acids is 1. The van der Waals surface area contributed by atoms with Crippen molar-refractivity contribution in [1.29, 1.82) is 0 Å². The lowest BCUT2D eigenvalue weighted by atomic mass is 9.95. The van der Waals surface area contributed by atoms with Gasteiger partial charge in [0, 0.05) is 69.0 Å². The van der Waals surface area contributed by atoms with Gasteiger partial charge in [-0.05, 0) is 67.8 Å². The largest absolute Gasteiger partial charge is 0.508 e. The zero-order chi connectivity index (χ0) is 36.0. The maximum absolute atomic E-state index is 15.1. The Kier molecular flexibility index (Phi) is 9.37. The van der Waals surface area contributed by atoms with Crippen molar-refractivity contribution in [2.24, 2.45) is 0 Å². The number of phenols is 1. The van der Waals surface area contributed by atoms with E-state index in [-0.39, 0.29) is 29.0 Å². The van der Waals surface area contributed by atoms with Crippen LogP contribution < -0.4 is 19.9 Å². The van der Waals surface area contributed by atoms with E-state index >= 15 is 4.39 Å². The van der Waals surface area contributed by atoms with E-state index in [9.17, 15) is 14.3 Å². The molecule has 2 fully saturated rings. The molecule has 2 aromatic heterocycles. The average Bonchev–Trinajstić information content (AvgIpc) is 3.77. The van der Waals surface area contributed by atoms with Crippen LogP contribution in [-0.4, -0.2) is 100 Å². The van der Waals surface area contributed by atoms with Gasteiger partial charge in [0.25, 0.3) is 5.91 Å². The summed E-state index contributed by atoms with van der Waals surface area (Å²) in [7, 11) is 1.59. The predicted molar refractivity (Wildman–Crippen MR) is 192 cm³/mol. The van der Waals surface area contributed by atoms with Gasteiger partial charge in [-0.3, -0.25) is 14.4 Å². The van der Waals surface area contributed by atoms with Crippen LogP contribution in [0.25, 0.3) is 10.8 Å². The monoisotopic (exact) mass is 716 g/mol. The Hall–Kier alpha value is -4.56. The van der Waals surface area contributed by atoms with E-state index in [1.54, 1.807) is 25.3 Å². The number of hydrogen-bond donors (Lipinski definition) is 2. The summed E-state index contributed by atoms with van der Waals surface area (Å²) in [6.07, 6.45) is 3.36. The summed E-state index contributed by atoms with van der Waals surface area (Å²) < 4.78 is 43.2. The highest BCUT2D eigenvalue weighted by Gasteiger charge is 2.49. The minimum Gasteiger partial charge on any atom is -0.508 e. The van der Waals surface area contributed by atoms with E-state index in [2.05, 4.69) is 25.1 Å². The number of anilines is 2. The molecule has 14 heteroatoms. The molecular weight excluding hydrogens is 670 g/mol. The Morgan fingerprint density at radius 1 is 1.10 bits per heavy atom. The van der Waals surface area contributed by atoms with Crippen molar-refractivity contribution in [1.82, 2.24) is 30.0 Å². The summed E-state index contributed by atoms with van der Waals surface area (Å²) in [5, 5.41) is 19.8.